The predicted octanol–water partition coefficient (Wildman–Crippen LogP) is 2.17. The molecule has 0 saturated heterocycles. The Balaban J connectivity index is 3.71. The molecule has 0 amide bonds. The first-order valence-corrected chi connectivity index (χ1v) is 5.39. The third-order valence-electron chi connectivity index (χ3n) is 2.48. The highest BCUT2D eigenvalue weighted by Crippen LogP contribution is 2.22. The van der Waals surface area contributed by atoms with Gasteiger partial charge < -0.3 is 10.4 Å². The third kappa shape index (κ3) is 7.03. The van der Waals surface area contributed by atoms with Crippen LogP contribution in [0.15, 0.2) is 0 Å². The minimum atomic E-state index is -0.488. The SMILES string of the molecule is CCCC(C)CC(C)(O)CCNC. The van der Waals surface area contributed by atoms with Gasteiger partial charge in [0.05, 0.1) is 5.60 Å². The lowest BCUT2D eigenvalue weighted by Gasteiger charge is -2.26. The minimum absolute atomic E-state index is 0.488. The predicted molar refractivity (Wildman–Crippen MR) is 57.9 cm³/mol. The third-order valence-corrected chi connectivity index (χ3v) is 2.48. The van der Waals surface area contributed by atoms with Crippen LogP contribution < -0.4 is 5.32 Å². The molecule has 80 valence electrons. The van der Waals surface area contributed by atoms with Crippen LogP contribution in [0.5, 0.6) is 0 Å². The Kier molecular flexibility index (Phi) is 6.35. The topological polar surface area (TPSA) is 32.3 Å². The fourth-order valence-electron chi connectivity index (χ4n) is 1.84. The summed E-state index contributed by atoms with van der Waals surface area (Å²) in [7, 11) is 1.92. The quantitative estimate of drug-likeness (QED) is 0.640. The summed E-state index contributed by atoms with van der Waals surface area (Å²) in [5.41, 5.74) is -0.488. The average molecular weight is 187 g/mol. The number of nitrogens with one attached hydrogen (secondary N) is 1. The van der Waals surface area contributed by atoms with Crippen LogP contribution in [0.1, 0.15) is 46.5 Å². The van der Waals surface area contributed by atoms with Crippen molar-refractivity contribution < 1.29 is 5.11 Å². The van der Waals surface area contributed by atoms with Crippen LogP contribution in [-0.4, -0.2) is 24.3 Å². The second-order valence-corrected chi connectivity index (χ2v) is 4.45. The van der Waals surface area contributed by atoms with E-state index in [1.807, 2.05) is 14.0 Å². The summed E-state index contributed by atoms with van der Waals surface area (Å²) >= 11 is 0. The van der Waals surface area contributed by atoms with E-state index in [1.54, 1.807) is 0 Å². The highest BCUT2D eigenvalue weighted by atomic mass is 16.3. The summed E-state index contributed by atoms with van der Waals surface area (Å²) in [5.74, 6) is 0.636. The number of hydrogen-bond acceptors (Lipinski definition) is 2. The van der Waals surface area contributed by atoms with Gasteiger partial charge in [-0.2, -0.15) is 0 Å². The lowest BCUT2D eigenvalue weighted by molar-refractivity contribution is 0.0273. The molecule has 13 heavy (non-hydrogen) atoms. The molecule has 2 unspecified atom stereocenters. The van der Waals surface area contributed by atoms with Crippen molar-refractivity contribution in [3.8, 4) is 0 Å². The second-order valence-electron chi connectivity index (χ2n) is 4.45. The molecule has 0 aromatic rings. The molecule has 0 bridgehead atoms. The van der Waals surface area contributed by atoms with E-state index in [0.717, 1.165) is 19.4 Å². The number of hydrogen-bond donors (Lipinski definition) is 2. The van der Waals surface area contributed by atoms with Gasteiger partial charge >= 0.3 is 0 Å². The van der Waals surface area contributed by atoms with Gasteiger partial charge in [0.2, 0.25) is 0 Å². The smallest absolute Gasteiger partial charge is 0.0634 e. The largest absolute Gasteiger partial charge is 0.390 e. The van der Waals surface area contributed by atoms with Gasteiger partial charge in [-0.25, -0.2) is 0 Å². The summed E-state index contributed by atoms with van der Waals surface area (Å²) in [5, 5.41) is 13.1. The molecule has 2 N–H and O–H groups in total. The van der Waals surface area contributed by atoms with Gasteiger partial charge in [-0.3, -0.25) is 0 Å². The fourth-order valence-corrected chi connectivity index (χ4v) is 1.84. The van der Waals surface area contributed by atoms with Crippen LogP contribution in [0.4, 0.5) is 0 Å². The maximum Gasteiger partial charge on any atom is 0.0634 e. The molecular weight excluding hydrogens is 162 g/mol. The summed E-state index contributed by atoms with van der Waals surface area (Å²) in [6.45, 7) is 7.25. The summed E-state index contributed by atoms with van der Waals surface area (Å²) in [4.78, 5) is 0. The number of rotatable bonds is 7. The molecule has 2 nitrogen and oxygen atoms in total. The van der Waals surface area contributed by atoms with E-state index in [-0.39, 0.29) is 0 Å². The van der Waals surface area contributed by atoms with Crippen LogP contribution in [0.25, 0.3) is 0 Å². The highest BCUT2D eigenvalue weighted by molar-refractivity contribution is 4.75. The van der Waals surface area contributed by atoms with Crippen molar-refractivity contribution in [2.45, 2.75) is 52.1 Å². The van der Waals surface area contributed by atoms with E-state index in [4.69, 9.17) is 0 Å². The highest BCUT2D eigenvalue weighted by Gasteiger charge is 2.21. The molecule has 2 heteroatoms. The molecule has 0 fully saturated rings. The van der Waals surface area contributed by atoms with Crippen molar-refractivity contribution in [2.24, 2.45) is 5.92 Å². The summed E-state index contributed by atoms with van der Waals surface area (Å²) in [6, 6.07) is 0. The van der Waals surface area contributed by atoms with Gasteiger partial charge in [-0.1, -0.05) is 26.7 Å². The zero-order chi connectivity index (χ0) is 10.3. The first-order chi connectivity index (χ1) is 6.02. The molecule has 0 aromatic heterocycles. The van der Waals surface area contributed by atoms with Crippen molar-refractivity contribution in [3.05, 3.63) is 0 Å². The van der Waals surface area contributed by atoms with Gasteiger partial charge in [0.15, 0.2) is 0 Å². The molecule has 0 rings (SSSR count). The summed E-state index contributed by atoms with van der Waals surface area (Å²) in [6.07, 6.45) is 4.19. The van der Waals surface area contributed by atoms with Crippen LogP contribution in [0.2, 0.25) is 0 Å². The van der Waals surface area contributed by atoms with Gasteiger partial charge in [0.1, 0.15) is 0 Å². The Labute approximate surface area is 82.7 Å². The van der Waals surface area contributed by atoms with Crippen molar-refractivity contribution in [1.82, 2.24) is 5.32 Å². The normalized spacial score (nSPS) is 18.2. The zero-order valence-corrected chi connectivity index (χ0v) is 9.56. The Morgan fingerprint density at radius 2 is 2.08 bits per heavy atom. The van der Waals surface area contributed by atoms with Gasteiger partial charge in [-0.15, -0.1) is 0 Å². The maximum absolute atomic E-state index is 10.0. The zero-order valence-electron chi connectivity index (χ0n) is 9.56. The molecule has 2 atom stereocenters. The first-order valence-electron chi connectivity index (χ1n) is 5.39. The minimum Gasteiger partial charge on any atom is -0.390 e. The Bertz CT molecular complexity index is 123. The average Bonchev–Trinajstić information content (AvgIpc) is 2.00. The molecule has 0 aliphatic rings. The van der Waals surface area contributed by atoms with E-state index in [1.165, 1.54) is 12.8 Å². The van der Waals surface area contributed by atoms with E-state index in [0.29, 0.717) is 5.92 Å². The van der Waals surface area contributed by atoms with E-state index in [2.05, 4.69) is 19.2 Å². The van der Waals surface area contributed by atoms with Crippen LogP contribution in [0.3, 0.4) is 0 Å². The first kappa shape index (κ1) is 12.9. The van der Waals surface area contributed by atoms with Crippen LogP contribution in [0, 0.1) is 5.92 Å². The molecule has 0 radical (unpaired) electrons. The maximum atomic E-state index is 10.0. The molecule has 0 saturated carbocycles. The summed E-state index contributed by atoms with van der Waals surface area (Å²) < 4.78 is 0. The van der Waals surface area contributed by atoms with E-state index >= 15 is 0 Å². The Morgan fingerprint density at radius 1 is 1.46 bits per heavy atom. The van der Waals surface area contributed by atoms with Gasteiger partial charge in [-0.05, 0) is 39.3 Å². The van der Waals surface area contributed by atoms with Crippen LogP contribution >= 0.6 is 0 Å². The van der Waals surface area contributed by atoms with Crippen LogP contribution in [-0.2, 0) is 0 Å². The lowest BCUT2D eigenvalue weighted by atomic mass is 9.88. The van der Waals surface area contributed by atoms with Crippen molar-refractivity contribution in [3.63, 3.8) is 0 Å². The fraction of sp³-hybridized carbons (Fsp3) is 1.00. The van der Waals surface area contributed by atoms with Crippen molar-refractivity contribution >= 4 is 0 Å². The molecular formula is C11H25NO. The van der Waals surface area contributed by atoms with E-state index in [9.17, 15) is 5.11 Å². The monoisotopic (exact) mass is 187 g/mol. The molecule has 0 heterocycles. The standard InChI is InChI=1S/C11H25NO/c1-5-6-10(2)9-11(3,13)7-8-12-4/h10,12-13H,5-9H2,1-4H3. The van der Waals surface area contributed by atoms with Gasteiger partial charge in [0.25, 0.3) is 0 Å². The van der Waals surface area contributed by atoms with E-state index < -0.39 is 5.60 Å². The lowest BCUT2D eigenvalue weighted by Crippen LogP contribution is -2.30. The van der Waals surface area contributed by atoms with Crippen molar-refractivity contribution in [2.75, 3.05) is 13.6 Å². The Hall–Kier alpha value is -0.0800. The second kappa shape index (κ2) is 6.39. The number of aliphatic hydroxyl groups is 1. The molecule has 0 aliphatic heterocycles. The van der Waals surface area contributed by atoms with Gasteiger partial charge in [0, 0.05) is 0 Å². The molecule has 0 spiro atoms. The Morgan fingerprint density at radius 3 is 2.54 bits per heavy atom. The van der Waals surface area contributed by atoms with Crippen molar-refractivity contribution in [1.29, 1.82) is 0 Å². The molecule has 0 aliphatic carbocycles. The molecule has 0 aromatic carbocycles.